The van der Waals surface area contributed by atoms with E-state index in [-0.39, 0.29) is 11.7 Å². The molecule has 1 aliphatic carbocycles. The largest absolute Gasteiger partial charge is 0.348 e. The smallest absolute Gasteiger partial charge is 0.168 e. The lowest BCUT2D eigenvalue weighted by molar-refractivity contribution is 0.0908. The van der Waals surface area contributed by atoms with Gasteiger partial charge in [-0.2, -0.15) is 0 Å². The van der Waals surface area contributed by atoms with Crippen molar-refractivity contribution < 1.29 is 4.79 Å². The summed E-state index contributed by atoms with van der Waals surface area (Å²) in [5.41, 5.74) is 5.33. The van der Waals surface area contributed by atoms with Crippen LogP contribution in [0.4, 0.5) is 0 Å². The van der Waals surface area contributed by atoms with Crippen molar-refractivity contribution in [2.45, 2.75) is 26.2 Å². The molecular weight excluding hydrogens is 274 g/mol. The lowest BCUT2D eigenvalue weighted by atomic mass is 9.83. The van der Waals surface area contributed by atoms with Crippen LogP contribution in [0.25, 0.3) is 10.9 Å². The van der Waals surface area contributed by atoms with Gasteiger partial charge in [-0.25, -0.2) is 4.98 Å². The van der Waals surface area contributed by atoms with Gasteiger partial charge in [0.15, 0.2) is 5.78 Å². The van der Waals surface area contributed by atoms with Crippen molar-refractivity contribution in [3.8, 4) is 0 Å². The number of nitrogens with one attached hydrogen (secondary N) is 1. The average molecular weight is 293 g/mol. The highest BCUT2D eigenvalue weighted by Crippen LogP contribution is 2.31. The Morgan fingerprint density at radius 3 is 3.05 bits per heavy atom. The van der Waals surface area contributed by atoms with Gasteiger partial charge in [0.2, 0.25) is 0 Å². The van der Waals surface area contributed by atoms with E-state index in [0.717, 1.165) is 52.8 Å². The van der Waals surface area contributed by atoms with Gasteiger partial charge in [-0.3, -0.25) is 4.79 Å². The first-order valence-corrected chi connectivity index (χ1v) is 7.76. The molecule has 22 heavy (non-hydrogen) atoms. The maximum Gasteiger partial charge on any atom is 0.168 e. The van der Waals surface area contributed by atoms with Gasteiger partial charge in [-0.1, -0.05) is 18.2 Å². The quantitative estimate of drug-likeness (QED) is 0.738. The fourth-order valence-corrected chi connectivity index (χ4v) is 3.66. The number of aryl methyl sites for hydroxylation is 2. The number of carbonyl (C=O) groups is 1. The van der Waals surface area contributed by atoms with Crippen molar-refractivity contribution in [2.75, 3.05) is 0 Å². The molecule has 0 saturated heterocycles. The van der Waals surface area contributed by atoms with Crippen molar-refractivity contribution in [3.63, 3.8) is 0 Å². The van der Waals surface area contributed by atoms with Gasteiger partial charge in [-0.15, -0.1) is 0 Å². The first kappa shape index (κ1) is 13.3. The van der Waals surface area contributed by atoms with Crippen LogP contribution in [-0.2, 0) is 19.9 Å². The molecule has 0 amide bonds. The molecule has 1 aromatic carbocycles. The minimum atomic E-state index is 0.0532. The third-order valence-electron chi connectivity index (χ3n) is 5.00. The zero-order valence-electron chi connectivity index (χ0n) is 12.9. The standard InChI is InChI=1S/C18H19N3O/c1-11-17(13-5-3-4-6-16(13)21(11)2)18(22)12-7-8-14-15(9-12)20-10-19-14/h3-6,10,12H,7-9H2,1-2H3,(H,19,20). The molecule has 4 heteroatoms. The SMILES string of the molecule is Cc1c(C(=O)C2CCc3nc[nH]c3C2)c2ccccc2n1C. The van der Waals surface area contributed by atoms with E-state index in [0.29, 0.717) is 0 Å². The molecule has 0 fully saturated rings. The van der Waals surface area contributed by atoms with E-state index in [9.17, 15) is 4.79 Å². The minimum Gasteiger partial charge on any atom is -0.348 e. The second kappa shape index (κ2) is 4.83. The fraction of sp³-hybridized carbons (Fsp3) is 0.333. The Morgan fingerprint density at radius 2 is 2.18 bits per heavy atom. The topological polar surface area (TPSA) is 50.7 Å². The van der Waals surface area contributed by atoms with Crippen molar-refractivity contribution in [1.29, 1.82) is 0 Å². The van der Waals surface area contributed by atoms with Crippen LogP contribution in [0, 0.1) is 12.8 Å². The molecule has 0 aliphatic heterocycles. The van der Waals surface area contributed by atoms with Crippen LogP contribution in [-0.4, -0.2) is 20.3 Å². The summed E-state index contributed by atoms with van der Waals surface area (Å²) in [6.45, 7) is 2.04. The molecule has 1 atom stereocenters. The maximum atomic E-state index is 13.1. The number of ketones is 1. The number of benzene rings is 1. The van der Waals surface area contributed by atoms with Crippen LogP contribution in [0.3, 0.4) is 0 Å². The van der Waals surface area contributed by atoms with Crippen LogP contribution >= 0.6 is 0 Å². The zero-order chi connectivity index (χ0) is 15.3. The molecule has 3 aromatic rings. The van der Waals surface area contributed by atoms with E-state index in [1.165, 1.54) is 0 Å². The van der Waals surface area contributed by atoms with Gasteiger partial charge < -0.3 is 9.55 Å². The Labute approximate surface area is 129 Å². The summed E-state index contributed by atoms with van der Waals surface area (Å²) < 4.78 is 2.12. The first-order chi connectivity index (χ1) is 10.7. The number of hydrogen-bond acceptors (Lipinski definition) is 2. The van der Waals surface area contributed by atoms with Crippen molar-refractivity contribution in [2.24, 2.45) is 13.0 Å². The molecule has 112 valence electrons. The Bertz CT molecular complexity index is 872. The number of para-hydroxylation sites is 1. The third kappa shape index (κ3) is 1.83. The van der Waals surface area contributed by atoms with Crippen LogP contribution in [0.2, 0.25) is 0 Å². The third-order valence-corrected chi connectivity index (χ3v) is 5.00. The molecule has 0 spiro atoms. The van der Waals surface area contributed by atoms with E-state index in [1.807, 2.05) is 26.1 Å². The van der Waals surface area contributed by atoms with Crippen LogP contribution in [0.1, 0.15) is 33.9 Å². The van der Waals surface area contributed by atoms with Gasteiger partial charge in [-0.05, 0) is 32.3 Å². The molecule has 0 radical (unpaired) electrons. The summed E-state index contributed by atoms with van der Waals surface area (Å²) >= 11 is 0. The molecule has 2 heterocycles. The Hall–Kier alpha value is -2.36. The number of Topliss-reactive ketones (excluding diaryl/α,β-unsaturated/α-hetero) is 1. The average Bonchev–Trinajstić information content (AvgIpc) is 3.10. The molecule has 0 saturated carbocycles. The number of hydrogen-bond donors (Lipinski definition) is 1. The fourth-order valence-electron chi connectivity index (χ4n) is 3.66. The highest BCUT2D eigenvalue weighted by Gasteiger charge is 2.30. The number of rotatable bonds is 2. The van der Waals surface area contributed by atoms with Gasteiger partial charge in [0.1, 0.15) is 0 Å². The molecule has 1 N–H and O–H groups in total. The second-order valence-corrected chi connectivity index (χ2v) is 6.17. The molecular formula is C18H19N3O. The van der Waals surface area contributed by atoms with Gasteiger partial charge >= 0.3 is 0 Å². The molecule has 1 aliphatic rings. The predicted molar refractivity (Wildman–Crippen MR) is 86.1 cm³/mol. The van der Waals surface area contributed by atoms with Crippen LogP contribution in [0.5, 0.6) is 0 Å². The van der Waals surface area contributed by atoms with Gasteiger partial charge in [0, 0.05) is 40.8 Å². The zero-order valence-corrected chi connectivity index (χ0v) is 12.9. The number of fused-ring (bicyclic) bond motifs is 2. The molecule has 1 unspecified atom stereocenters. The number of H-pyrrole nitrogens is 1. The Balaban J connectivity index is 1.77. The second-order valence-electron chi connectivity index (χ2n) is 6.17. The molecule has 4 rings (SSSR count). The number of nitrogens with zero attached hydrogens (tertiary/aromatic N) is 2. The van der Waals surface area contributed by atoms with E-state index in [2.05, 4.69) is 26.7 Å². The minimum absolute atomic E-state index is 0.0532. The van der Waals surface area contributed by atoms with Crippen molar-refractivity contribution >= 4 is 16.7 Å². The van der Waals surface area contributed by atoms with Gasteiger partial charge in [0.25, 0.3) is 0 Å². The monoisotopic (exact) mass is 293 g/mol. The van der Waals surface area contributed by atoms with Crippen LogP contribution in [0.15, 0.2) is 30.6 Å². The van der Waals surface area contributed by atoms with Crippen molar-refractivity contribution in [3.05, 3.63) is 53.2 Å². The number of aromatic nitrogens is 3. The number of aromatic amines is 1. The number of carbonyl (C=O) groups excluding carboxylic acids is 1. The first-order valence-electron chi connectivity index (χ1n) is 7.76. The van der Waals surface area contributed by atoms with E-state index >= 15 is 0 Å². The lowest BCUT2D eigenvalue weighted by Crippen LogP contribution is -2.23. The van der Waals surface area contributed by atoms with E-state index in [4.69, 9.17) is 0 Å². The molecule has 0 bridgehead atoms. The molecule has 4 nitrogen and oxygen atoms in total. The summed E-state index contributed by atoms with van der Waals surface area (Å²) in [4.78, 5) is 20.6. The highest BCUT2D eigenvalue weighted by molar-refractivity contribution is 6.10. The summed E-state index contributed by atoms with van der Waals surface area (Å²) in [5, 5.41) is 1.07. The van der Waals surface area contributed by atoms with Gasteiger partial charge in [0.05, 0.1) is 12.0 Å². The summed E-state index contributed by atoms with van der Waals surface area (Å²) in [5.74, 6) is 0.326. The Kier molecular flexibility index (Phi) is 2.93. The maximum absolute atomic E-state index is 13.1. The molecule has 2 aromatic heterocycles. The highest BCUT2D eigenvalue weighted by atomic mass is 16.1. The summed E-state index contributed by atoms with van der Waals surface area (Å²) in [7, 11) is 2.03. The Morgan fingerprint density at radius 1 is 1.36 bits per heavy atom. The van der Waals surface area contributed by atoms with E-state index in [1.54, 1.807) is 6.33 Å². The van der Waals surface area contributed by atoms with Crippen molar-refractivity contribution in [1.82, 2.24) is 14.5 Å². The van der Waals surface area contributed by atoms with E-state index < -0.39 is 0 Å². The summed E-state index contributed by atoms with van der Waals surface area (Å²) in [6.07, 6.45) is 4.29. The predicted octanol–water partition coefficient (Wildman–Crippen LogP) is 3.20. The normalized spacial score (nSPS) is 17.6. The summed E-state index contributed by atoms with van der Waals surface area (Å²) in [6, 6.07) is 8.16. The van der Waals surface area contributed by atoms with Crippen LogP contribution < -0.4 is 0 Å². The number of imidazole rings is 1. The lowest BCUT2D eigenvalue weighted by Gasteiger charge is -2.20.